The molecule has 2 rings (SSSR count). The fraction of sp³-hybridized carbons (Fsp3) is 0.438. The Morgan fingerprint density at radius 1 is 1.35 bits per heavy atom. The average Bonchev–Trinajstić information content (AvgIpc) is 2.81. The summed E-state index contributed by atoms with van der Waals surface area (Å²) in [7, 11) is 0. The van der Waals surface area contributed by atoms with Crippen LogP contribution in [0.1, 0.15) is 48.7 Å². The van der Waals surface area contributed by atoms with Crippen LogP contribution in [0.4, 0.5) is 4.39 Å². The molecule has 0 bridgehead atoms. The van der Waals surface area contributed by atoms with Crippen molar-refractivity contribution in [2.24, 2.45) is 0 Å². The molecule has 0 saturated heterocycles. The first kappa shape index (κ1) is 15.1. The van der Waals surface area contributed by atoms with Gasteiger partial charge in [-0.3, -0.25) is 0 Å². The molecule has 1 N–H and O–H groups in total. The summed E-state index contributed by atoms with van der Waals surface area (Å²) in [6.07, 6.45) is -0.181. The second-order valence-corrected chi connectivity index (χ2v) is 7.05. The van der Waals surface area contributed by atoms with Crippen LogP contribution in [0.25, 0.3) is 0 Å². The fourth-order valence-corrected chi connectivity index (χ4v) is 2.97. The highest BCUT2D eigenvalue weighted by molar-refractivity contribution is 7.09. The Bertz CT molecular complexity index is 601. The molecule has 0 saturated carbocycles. The Hall–Kier alpha value is -1.26. The summed E-state index contributed by atoms with van der Waals surface area (Å²) in [5.74, 6) is -0.245. The quantitative estimate of drug-likeness (QED) is 0.921. The first-order valence-corrected chi connectivity index (χ1v) is 7.54. The van der Waals surface area contributed by atoms with Gasteiger partial charge in [0.15, 0.2) is 0 Å². The number of rotatable bonds is 3. The van der Waals surface area contributed by atoms with E-state index in [1.165, 1.54) is 6.07 Å². The molecule has 0 spiro atoms. The molecule has 0 fully saturated rings. The molecule has 20 heavy (non-hydrogen) atoms. The second kappa shape index (κ2) is 5.62. The van der Waals surface area contributed by atoms with Gasteiger partial charge >= 0.3 is 0 Å². The molecule has 4 heteroatoms. The Morgan fingerprint density at radius 2 is 2.05 bits per heavy atom. The van der Waals surface area contributed by atoms with Gasteiger partial charge in [-0.1, -0.05) is 32.9 Å². The van der Waals surface area contributed by atoms with E-state index < -0.39 is 6.10 Å². The molecule has 1 atom stereocenters. The van der Waals surface area contributed by atoms with Crippen molar-refractivity contribution < 1.29 is 9.50 Å². The van der Waals surface area contributed by atoms with Crippen molar-refractivity contribution in [1.29, 1.82) is 0 Å². The predicted octanol–water partition coefficient (Wildman–Crippen LogP) is 4.16. The smallest absolute Gasteiger partial charge is 0.126 e. The first-order chi connectivity index (χ1) is 9.27. The number of hydrogen-bond donors (Lipinski definition) is 1. The van der Waals surface area contributed by atoms with Crippen molar-refractivity contribution in [1.82, 2.24) is 4.98 Å². The maximum absolute atomic E-state index is 13.2. The van der Waals surface area contributed by atoms with Crippen LogP contribution < -0.4 is 0 Å². The zero-order chi connectivity index (χ0) is 14.9. The lowest BCUT2D eigenvalue weighted by molar-refractivity contribution is 0.178. The minimum absolute atomic E-state index is 0.0200. The molecule has 1 aromatic heterocycles. The summed E-state index contributed by atoms with van der Waals surface area (Å²) in [5, 5.41) is 13.2. The molecule has 0 radical (unpaired) electrons. The van der Waals surface area contributed by atoms with E-state index in [-0.39, 0.29) is 11.2 Å². The van der Waals surface area contributed by atoms with Gasteiger partial charge in [-0.15, -0.1) is 11.3 Å². The van der Waals surface area contributed by atoms with E-state index in [0.29, 0.717) is 12.0 Å². The van der Waals surface area contributed by atoms with Gasteiger partial charge in [0.2, 0.25) is 0 Å². The van der Waals surface area contributed by atoms with Gasteiger partial charge in [-0.2, -0.15) is 0 Å². The Morgan fingerprint density at radius 3 is 2.60 bits per heavy atom. The van der Waals surface area contributed by atoms with Gasteiger partial charge in [0.1, 0.15) is 5.82 Å². The van der Waals surface area contributed by atoms with Crippen LogP contribution in [-0.2, 0) is 11.8 Å². The van der Waals surface area contributed by atoms with Crippen LogP contribution >= 0.6 is 11.3 Å². The summed E-state index contributed by atoms with van der Waals surface area (Å²) in [4.78, 5) is 4.57. The lowest BCUT2D eigenvalue weighted by Crippen LogP contribution is -2.12. The third-order valence-corrected chi connectivity index (χ3v) is 4.13. The average molecular weight is 293 g/mol. The topological polar surface area (TPSA) is 33.1 Å². The molecule has 1 unspecified atom stereocenters. The number of halogens is 1. The third kappa shape index (κ3) is 3.44. The molecule has 1 heterocycles. The van der Waals surface area contributed by atoms with Gasteiger partial charge in [0, 0.05) is 17.2 Å². The van der Waals surface area contributed by atoms with E-state index in [9.17, 15) is 9.50 Å². The SMILES string of the molecule is Cc1cc(C(O)Cc2nc(C(C)(C)C)cs2)ccc1F. The van der Waals surface area contributed by atoms with E-state index in [0.717, 1.165) is 16.3 Å². The number of aryl methyl sites for hydroxylation is 1. The Kier molecular flexibility index (Phi) is 4.25. The van der Waals surface area contributed by atoms with Gasteiger partial charge in [0.05, 0.1) is 16.8 Å². The molecule has 0 aliphatic rings. The van der Waals surface area contributed by atoms with Gasteiger partial charge < -0.3 is 5.11 Å². The number of nitrogens with zero attached hydrogens (tertiary/aromatic N) is 1. The minimum atomic E-state index is -0.645. The molecule has 0 amide bonds. The standard InChI is InChI=1S/C16H20FNOS/c1-10-7-11(5-6-12(10)17)13(19)8-15-18-14(9-20-15)16(2,3)4/h5-7,9,13,19H,8H2,1-4H3. The lowest BCUT2D eigenvalue weighted by atomic mass is 9.93. The van der Waals surface area contributed by atoms with Gasteiger partial charge in [0.25, 0.3) is 0 Å². The fourth-order valence-electron chi connectivity index (χ4n) is 1.91. The zero-order valence-electron chi connectivity index (χ0n) is 12.3. The minimum Gasteiger partial charge on any atom is -0.388 e. The molecular weight excluding hydrogens is 273 g/mol. The van der Waals surface area contributed by atoms with Crippen LogP contribution in [0.15, 0.2) is 23.6 Å². The molecule has 0 aliphatic carbocycles. The number of hydrogen-bond acceptors (Lipinski definition) is 3. The first-order valence-electron chi connectivity index (χ1n) is 6.66. The van der Waals surface area contributed by atoms with Crippen molar-refractivity contribution in [3.05, 3.63) is 51.2 Å². The van der Waals surface area contributed by atoms with E-state index in [1.54, 1.807) is 30.4 Å². The third-order valence-electron chi connectivity index (χ3n) is 3.25. The van der Waals surface area contributed by atoms with Crippen LogP contribution in [0, 0.1) is 12.7 Å². The van der Waals surface area contributed by atoms with E-state index >= 15 is 0 Å². The molecule has 108 valence electrons. The van der Waals surface area contributed by atoms with Crippen LogP contribution in [0.2, 0.25) is 0 Å². The zero-order valence-corrected chi connectivity index (χ0v) is 13.1. The van der Waals surface area contributed by atoms with Crippen LogP contribution in [0.3, 0.4) is 0 Å². The molecule has 2 nitrogen and oxygen atoms in total. The van der Waals surface area contributed by atoms with Crippen LogP contribution in [0.5, 0.6) is 0 Å². The number of thiazole rings is 1. The lowest BCUT2D eigenvalue weighted by Gasteiger charge is -2.14. The summed E-state index contributed by atoms with van der Waals surface area (Å²) < 4.78 is 13.2. The van der Waals surface area contributed by atoms with Crippen LogP contribution in [-0.4, -0.2) is 10.1 Å². The predicted molar refractivity (Wildman–Crippen MR) is 80.6 cm³/mol. The van der Waals surface area contributed by atoms with Gasteiger partial charge in [-0.25, -0.2) is 9.37 Å². The van der Waals surface area contributed by atoms with Gasteiger partial charge in [-0.05, 0) is 24.1 Å². The number of aromatic nitrogens is 1. The molecular formula is C16H20FNOS. The normalized spacial score (nSPS) is 13.5. The van der Waals surface area contributed by atoms with E-state index in [4.69, 9.17) is 0 Å². The van der Waals surface area contributed by atoms with Crippen molar-refractivity contribution in [2.75, 3.05) is 0 Å². The summed E-state index contributed by atoms with van der Waals surface area (Å²) in [5.41, 5.74) is 2.35. The van der Waals surface area contributed by atoms with E-state index in [2.05, 4.69) is 25.8 Å². The Balaban J connectivity index is 2.13. The highest BCUT2D eigenvalue weighted by atomic mass is 32.1. The number of aliphatic hydroxyl groups excluding tert-OH is 1. The maximum atomic E-state index is 13.2. The maximum Gasteiger partial charge on any atom is 0.126 e. The molecule has 0 aliphatic heterocycles. The number of benzene rings is 1. The van der Waals surface area contributed by atoms with Crippen molar-refractivity contribution in [3.63, 3.8) is 0 Å². The summed E-state index contributed by atoms with van der Waals surface area (Å²) >= 11 is 1.56. The monoisotopic (exact) mass is 293 g/mol. The van der Waals surface area contributed by atoms with Crippen molar-refractivity contribution >= 4 is 11.3 Å². The molecule has 2 aromatic rings. The number of aliphatic hydroxyl groups is 1. The largest absolute Gasteiger partial charge is 0.388 e. The second-order valence-electron chi connectivity index (χ2n) is 6.11. The summed E-state index contributed by atoms with van der Waals surface area (Å²) in [6.45, 7) is 8.05. The van der Waals surface area contributed by atoms with Crippen molar-refractivity contribution in [3.8, 4) is 0 Å². The Labute approximate surface area is 123 Å². The van der Waals surface area contributed by atoms with E-state index in [1.807, 2.05) is 5.38 Å². The highest BCUT2D eigenvalue weighted by Crippen LogP contribution is 2.27. The highest BCUT2D eigenvalue weighted by Gasteiger charge is 2.19. The van der Waals surface area contributed by atoms with Crippen molar-refractivity contribution in [2.45, 2.75) is 45.6 Å². The molecule has 1 aromatic carbocycles. The summed E-state index contributed by atoms with van der Waals surface area (Å²) in [6, 6.07) is 4.72.